The number of benzene rings is 1. The minimum Gasteiger partial charge on any atom is -0.483 e. The van der Waals surface area contributed by atoms with E-state index in [4.69, 9.17) is 4.74 Å². The fourth-order valence-corrected chi connectivity index (χ4v) is 2.16. The Hall–Kier alpha value is -1.55. The molecule has 21 heavy (non-hydrogen) atoms. The highest BCUT2D eigenvalue weighted by Gasteiger charge is 2.21. The molecule has 1 amide bonds. The van der Waals surface area contributed by atoms with Crippen molar-refractivity contribution in [2.75, 3.05) is 6.61 Å². The Kier molecular flexibility index (Phi) is 5.62. The van der Waals surface area contributed by atoms with Crippen molar-refractivity contribution >= 4 is 5.91 Å². The van der Waals surface area contributed by atoms with Crippen LogP contribution in [-0.2, 0) is 11.3 Å². The molecule has 1 unspecified atom stereocenters. The fourth-order valence-electron chi connectivity index (χ4n) is 2.16. The van der Waals surface area contributed by atoms with Crippen molar-refractivity contribution in [3.8, 4) is 5.75 Å². The average Bonchev–Trinajstić information content (AvgIpc) is 3.28. The number of carbonyl (C=O) groups is 1. The summed E-state index contributed by atoms with van der Waals surface area (Å²) in [7, 11) is 0. The Labute approximate surface area is 127 Å². The van der Waals surface area contributed by atoms with Crippen LogP contribution in [0, 0.1) is 6.92 Å². The molecule has 0 spiro atoms. The van der Waals surface area contributed by atoms with Crippen LogP contribution in [0.4, 0.5) is 0 Å². The molecule has 0 aromatic heterocycles. The molecule has 0 saturated heterocycles. The standard InChI is InChI=1S/C17H26N2O2/c1-4-13(3)19-16(20)11-21-17-12(2)6-5-7-14(17)10-18-15-8-9-15/h5-7,13,15,18H,4,8-11H2,1-3H3,(H,19,20). The van der Waals surface area contributed by atoms with Gasteiger partial charge in [-0.1, -0.05) is 25.1 Å². The molecule has 1 aromatic rings. The van der Waals surface area contributed by atoms with E-state index in [2.05, 4.69) is 23.6 Å². The van der Waals surface area contributed by atoms with E-state index in [1.54, 1.807) is 0 Å². The molecule has 0 aliphatic heterocycles. The Morgan fingerprint density at radius 3 is 2.86 bits per heavy atom. The van der Waals surface area contributed by atoms with Crippen molar-refractivity contribution in [3.63, 3.8) is 0 Å². The second-order valence-corrected chi connectivity index (χ2v) is 5.88. The molecule has 116 valence electrons. The van der Waals surface area contributed by atoms with Crippen molar-refractivity contribution in [3.05, 3.63) is 29.3 Å². The molecule has 0 bridgehead atoms. The van der Waals surface area contributed by atoms with E-state index in [-0.39, 0.29) is 18.6 Å². The quantitative estimate of drug-likeness (QED) is 0.773. The Balaban J connectivity index is 1.92. The summed E-state index contributed by atoms with van der Waals surface area (Å²) in [6.45, 7) is 6.94. The molecule has 1 fully saturated rings. The topological polar surface area (TPSA) is 50.4 Å². The molecule has 2 rings (SSSR count). The summed E-state index contributed by atoms with van der Waals surface area (Å²) in [5.74, 6) is 0.777. The number of hydrogen-bond donors (Lipinski definition) is 2. The first-order chi connectivity index (χ1) is 10.1. The van der Waals surface area contributed by atoms with Gasteiger partial charge in [-0.25, -0.2) is 0 Å². The number of ether oxygens (including phenoxy) is 1. The van der Waals surface area contributed by atoms with Gasteiger partial charge < -0.3 is 15.4 Å². The zero-order chi connectivity index (χ0) is 15.2. The summed E-state index contributed by atoms with van der Waals surface area (Å²) in [4.78, 5) is 11.8. The minimum absolute atomic E-state index is 0.0614. The Bertz CT molecular complexity index is 484. The van der Waals surface area contributed by atoms with Crippen LogP contribution in [0.15, 0.2) is 18.2 Å². The number of aryl methyl sites for hydroxylation is 1. The lowest BCUT2D eigenvalue weighted by molar-refractivity contribution is -0.123. The van der Waals surface area contributed by atoms with Crippen LogP contribution in [0.1, 0.15) is 44.2 Å². The van der Waals surface area contributed by atoms with E-state index in [0.717, 1.165) is 29.8 Å². The van der Waals surface area contributed by atoms with Crippen LogP contribution < -0.4 is 15.4 Å². The molecule has 1 aromatic carbocycles. The highest BCUT2D eigenvalue weighted by molar-refractivity contribution is 5.77. The highest BCUT2D eigenvalue weighted by atomic mass is 16.5. The Morgan fingerprint density at radius 1 is 1.43 bits per heavy atom. The van der Waals surface area contributed by atoms with Gasteiger partial charge in [-0.15, -0.1) is 0 Å². The van der Waals surface area contributed by atoms with E-state index in [1.165, 1.54) is 12.8 Å². The van der Waals surface area contributed by atoms with Crippen molar-refractivity contribution in [1.82, 2.24) is 10.6 Å². The lowest BCUT2D eigenvalue weighted by atomic mass is 10.1. The first kappa shape index (κ1) is 15.8. The van der Waals surface area contributed by atoms with Crippen LogP contribution in [0.5, 0.6) is 5.75 Å². The van der Waals surface area contributed by atoms with Crippen molar-refractivity contribution in [2.45, 2.75) is 58.7 Å². The van der Waals surface area contributed by atoms with Gasteiger partial charge in [-0.3, -0.25) is 4.79 Å². The molecule has 1 atom stereocenters. The third-order valence-corrected chi connectivity index (χ3v) is 3.82. The van der Waals surface area contributed by atoms with E-state index < -0.39 is 0 Å². The van der Waals surface area contributed by atoms with Crippen molar-refractivity contribution < 1.29 is 9.53 Å². The van der Waals surface area contributed by atoms with Gasteiger partial charge in [0, 0.05) is 24.2 Å². The van der Waals surface area contributed by atoms with Gasteiger partial charge in [0.15, 0.2) is 6.61 Å². The first-order valence-corrected chi connectivity index (χ1v) is 7.84. The largest absolute Gasteiger partial charge is 0.483 e. The van der Waals surface area contributed by atoms with Gasteiger partial charge >= 0.3 is 0 Å². The third-order valence-electron chi connectivity index (χ3n) is 3.82. The lowest BCUT2D eigenvalue weighted by Crippen LogP contribution is -2.35. The predicted molar refractivity (Wildman–Crippen MR) is 84.4 cm³/mol. The van der Waals surface area contributed by atoms with Gasteiger partial charge in [0.1, 0.15) is 5.75 Å². The average molecular weight is 290 g/mol. The van der Waals surface area contributed by atoms with E-state index in [0.29, 0.717) is 6.04 Å². The number of nitrogens with one attached hydrogen (secondary N) is 2. The van der Waals surface area contributed by atoms with Crippen LogP contribution in [0.25, 0.3) is 0 Å². The number of carbonyl (C=O) groups excluding carboxylic acids is 1. The lowest BCUT2D eigenvalue weighted by Gasteiger charge is -2.16. The zero-order valence-corrected chi connectivity index (χ0v) is 13.2. The van der Waals surface area contributed by atoms with E-state index in [1.807, 2.05) is 26.0 Å². The summed E-state index contributed by atoms with van der Waals surface area (Å²) in [5, 5.41) is 6.41. The van der Waals surface area contributed by atoms with Gasteiger partial charge in [0.2, 0.25) is 0 Å². The van der Waals surface area contributed by atoms with Gasteiger partial charge in [-0.2, -0.15) is 0 Å². The van der Waals surface area contributed by atoms with Crippen molar-refractivity contribution in [2.24, 2.45) is 0 Å². The van der Waals surface area contributed by atoms with Crippen LogP contribution >= 0.6 is 0 Å². The smallest absolute Gasteiger partial charge is 0.258 e. The number of amides is 1. The summed E-state index contributed by atoms with van der Waals surface area (Å²) >= 11 is 0. The molecular weight excluding hydrogens is 264 g/mol. The van der Waals surface area contributed by atoms with Crippen molar-refractivity contribution in [1.29, 1.82) is 0 Å². The number of hydrogen-bond acceptors (Lipinski definition) is 3. The second-order valence-electron chi connectivity index (χ2n) is 5.88. The first-order valence-electron chi connectivity index (χ1n) is 7.84. The van der Waals surface area contributed by atoms with E-state index >= 15 is 0 Å². The van der Waals surface area contributed by atoms with Gasteiger partial charge in [0.05, 0.1) is 0 Å². The summed E-state index contributed by atoms with van der Waals surface area (Å²) in [6, 6.07) is 6.96. The molecule has 4 nitrogen and oxygen atoms in total. The van der Waals surface area contributed by atoms with Crippen LogP contribution in [-0.4, -0.2) is 24.6 Å². The molecule has 1 aliphatic carbocycles. The SMILES string of the molecule is CCC(C)NC(=O)COc1c(C)cccc1CNC1CC1. The molecular formula is C17H26N2O2. The molecule has 4 heteroatoms. The molecule has 1 saturated carbocycles. The minimum atomic E-state index is -0.0614. The zero-order valence-electron chi connectivity index (χ0n) is 13.2. The normalized spacial score (nSPS) is 15.6. The predicted octanol–water partition coefficient (Wildman–Crippen LogP) is 2.54. The maximum Gasteiger partial charge on any atom is 0.258 e. The van der Waals surface area contributed by atoms with Crippen LogP contribution in [0.3, 0.4) is 0 Å². The maximum absolute atomic E-state index is 11.8. The maximum atomic E-state index is 11.8. The Morgan fingerprint density at radius 2 is 2.19 bits per heavy atom. The number of para-hydroxylation sites is 1. The second kappa shape index (κ2) is 7.46. The van der Waals surface area contributed by atoms with E-state index in [9.17, 15) is 4.79 Å². The van der Waals surface area contributed by atoms with Crippen LogP contribution in [0.2, 0.25) is 0 Å². The summed E-state index contributed by atoms with van der Waals surface area (Å²) < 4.78 is 5.78. The van der Waals surface area contributed by atoms with Gasteiger partial charge in [0.25, 0.3) is 5.91 Å². The molecule has 1 aliphatic rings. The summed E-state index contributed by atoms with van der Waals surface area (Å²) in [6.07, 6.45) is 3.45. The monoisotopic (exact) mass is 290 g/mol. The number of rotatable bonds is 8. The molecule has 0 radical (unpaired) electrons. The third kappa shape index (κ3) is 5.05. The highest BCUT2D eigenvalue weighted by Crippen LogP contribution is 2.25. The summed E-state index contributed by atoms with van der Waals surface area (Å²) in [5.41, 5.74) is 2.19. The van der Waals surface area contributed by atoms with Gasteiger partial charge in [-0.05, 0) is 38.7 Å². The molecule has 0 heterocycles. The fraction of sp³-hybridized carbons (Fsp3) is 0.588. The molecule has 2 N–H and O–H groups in total.